The SMILES string of the molecule is CC(C)CC(=O)N/N=C/c1c(O)n(-c2ccccc2Cl)c(=O)c2ccccc12. The Morgan fingerprint density at radius 2 is 1.82 bits per heavy atom. The van der Waals surface area contributed by atoms with Crippen LogP contribution in [0.5, 0.6) is 5.88 Å². The molecular weight excluding hydrogens is 378 g/mol. The number of aromatic nitrogens is 1. The number of aromatic hydroxyl groups is 1. The summed E-state index contributed by atoms with van der Waals surface area (Å²) in [7, 11) is 0. The van der Waals surface area contributed by atoms with Crippen molar-refractivity contribution in [3.05, 3.63) is 69.5 Å². The van der Waals surface area contributed by atoms with Crippen LogP contribution < -0.4 is 11.0 Å². The molecule has 1 heterocycles. The van der Waals surface area contributed by atoms with Crippen LogP contribution in [-0.2, 0) is 4.79 Å². The third-order valence-corrected chi connectivity index (χ3v) is 4.49. The number of carbonyl (C=O) groups excluding carboxylic acids is 1. The number of hydrazone groups is 1. The van der Waals surface area contributed by atoms with Crippen LogP contribution in [0.15, 0.2) is 58.4 Å². The molecule has 1 aromatic heterocycles. The number of benzene rings is 2. The highest BCUT2D eigenvalue weighted by Crippen LogP contribution is 2.28. The average molecular weight is 398 g/mol. The van der Waals surface area contributed by atoms with Crippen molar-refractivity contribution in [3.8, 4) is 11.6 Å². The third kappa shape index (κ3) is 3.92. The molecule has 6 nitrogen and oxygen atoms in total. The maximum absolute atomic E-state index is 13.0. The molecule has 2 N–H and O–H groups in total. The molecule has 0 aliphatic rings. The van der Waals surface area contributed by atoms with E-state index < -0.39 is 5.56 Å². The summed E-state index contributed by atoms with van der Waals surface area (Å²) in [5, 5.41) is 16.1. The molecule has 0 unspecified atom stereocenters. The summed E-state index contributed by atoms with van der Waals surface area (Å²) in [6, 6.07) is 13.6. The van der Waals surface area contributed by atoms with Gasteiger partial charge in [-0.05, 0) is 24.1 Å². The molecule has 0 aliphatic heterocycles. The lowest BCUT2D eigenvalue weighted by molar-refractivity contribution is -0.121. The molecule has 1 amide bonds. The smallest absolute Gasteiger partial charge is 0.265 e. The monoisotopic (exact) mass is 397 g/mol. The van der Waals surface area contributed by atoms with Crippen molar-refractivity contribution in [1.82, 2.24) is 9.99 Å². The Morgan fingerprint density at radius 1 is 1.18 bits per heavy atom. The fraction of sp³-hybridized carbons (Fsp3) is 0.190. The van der Waals surface area contributed by atoms with Gasteiger partial charge in [0.1, 0.15) is 0 Å². The van der Waals surface area contributed by atoms with E-state index in [-0.39, 0.29) is 17.7 Å². The molecule has 144 valence electrons. The van der Waals surface area contributed by atoms with Gasteiger partial charge in [-0.3, -0.25) is 9.59 Å². The second kappa shape index (κ2) is 8.27. The first-order chi connectivity index (χ1) is 13.4. The Kier molecular flexibility index (Phi) is 5.80. The number of amides is 1. The van der Waals surface area contributed by atoms with Crippen molar-refractivity contribution < 1.29 is 9.90 Å². The highest BCUT2D eigenvalue weighted by molar-refractivity contribution is 6.32. The van der Waals surface area contributed by atoms with E-state index in [9.17, 15) is 14.7 Å². The minimum atomic E-state index is -0.401. The second-order valence-electron chi connectivity index (χ2n) is 6.77. The molecule has 0 bridgehead atoms. The van der Waals surface area contributed by atoms with Gasteiger partial charge in [0, 0.05) is 17.2 Å². The van der Waals surface area contributed by atoms with Crippen LogP contribution in [0.4, 0.5) is 0 Å². The number of nitrogens with zero attached hydrogens (tertiary/aromatic N) is 2. The van der Waals surface area contributed by atoms with Crippen molar-refractivity contribution in [1.29, 1.82) is 0 Å². The van der Waals surface area contributed by atoms with Gasteiger partial charge in [0.15, 0.2) is 0 Å². The van der Waals surface area contributed by atoms with Crippen LogP contribution in [0, 0.1) is 5.92 Å². The molecule has 2 aromatic carbocycles. The lowest BCUT2D eigenvalue weighted by Crippen LogP contribution is -2.21. The molecule has 0 spiro atoms. The molecule has 0 aliphatic carbocycles. The molecular formula is C21H20ClN3O3. The maximum Gasteiger partial charge on any atom is 0.265 e. The van der Waals surface area contributed by atoms with Gasteiger partial charge in [0.05, 0.1) is 22.5 Å². The number of carbonyl (C=O) groups is 1. The van der Waals surface area contributed by atoms with Gasteiger partial charge in [-0.25, -0.2) is 9.99 Å². The van der Waals surface area contributed by atoms with E-state index in [0.717, 1.165) is 4.57 Å². The highest BCUT2D eigenvalue weighted by atomic mass is 35.5. The van der Waals surface area contributed by atoms with E-state index in [0.29, 0.717) is 33.5 Å². The Bertz CT molecular complexity index is 1120. The number of hydrogen-bond donors (Lipinski definition) is 2. The minimum absolute atomic E-state index is 0.201. The summed E-state index contributed by atoms with van der Waals surface area (Å²) in [6.45, 7) is 3.87. The topological polar surface area (TPSA) is 83.7 Å². The van der Waals surface area contributed by atoms with E-state index in [1.807, 2.05) is 13.8 Å². The van der Waals surface area contributed by atoms with Crippen LogP contribution in [0.2, 0.25) is 5.02 Å². The molecule has 0 saturated carbocycles. The average Bonchev–Trinajstić information content (AvgIpc) is 2.65. The number of pyridine rings is 1. The summed E-state index contributed by atoms with van der Waals surface area (Å²) in [6.07, 6.45) is 1.67. The largest absolute Gasteiger partial charge is 0.494 e. The summed E-state index contributed by atoms with van der Waals surface area (Å²) in [5.74, 6) is -0.334. The van der Waals surface area contributed by atoms with Gasteiger partial charge in [-0.15, -0.1) is 0 Å². The van der Waals surface area contributed by atoms with E-state index in [2.05, 4.69) is 10.5 Å². The Morgan fingerprint density at radius 3 is 2.50 bits per heavy atom. The number of para-hydroxylation sites is 1. The maximum atomic E-state index is 13.0. The second-order valence-corrected chi connectivity index (χ2v) is 7.17. The van der Waals surface area contributed by atoms with Gasteiger partial charge in [-0.2, -0.15) is 5.10 Å². The van der Waals surface area contributed by atoms with Crippen LogP contribution >= 0.6 is 11.6 Å². The van der Waals surface area contributed by atoms with E-state index >= 15 is 0 Å². The lowest BCUT2D eigenvalue weighted by atomic mass is 10.1. The van der Waals surface area contributed by atoms with E-state index in [1.54, 1.807) is 48.5 Å². The zero-order chi connectivity index (χ0) is 20.3. The van der Waals surface area contributed by atoms with Crippen LogP contribution in [0.25, 0.3) is 16.5 Å². The number of fused-ring (bicyclic) bond motifs is 1. The zero-order valence-electron chi connectivity index (χ0n) is 15.5. The number of nitrogens with one attached hydrogen (secondary N) is 1. The molecule has 0 atom stereocenters. The molecule has 0 fully saturated rings. The summed E-state index contributed by atoms with van der Waals surface area (Å²) in [4.78, 5) is 24.8. The first-order valence-corrected chi connectivity index (χ1v) is 9.21. The van der Waals surface area contributed by atoms with Crippen LogP contribution in [-0.4, -0.2) is 21.8 Å². The Balaban J connectivity index is 2.16. The first-order valence-electron chi connectivity index (χ1n) is 8.83. The molecule has 0 saturated heterocycles. The molecule has 3 aromatic rings. The third-order valence-electron chi connectivity index (χ3n) is 4.17. The lowest BCUT2D eigenvalue weighted by Gasteiger charge is -2.14. The van der Waals surface area contributed by atoms with Crippen molar-refractivity contribution in [2.24, 2.45) is 11.0 Å². The normalized spacial score (nSPS) is 11.4. The van der Waals surface area contributed by atoms with E-state index in [4.69, 9.17) is 11.6 Å². The summed E-state index contributed by atoms with van der Waals surface area (Å²) in [5.41, 5.74) is 2.71. The fourth-order valence-electron chi connectivity index (χ4n) is 2.93. The van der Waals surface area contributed by atoms with Crippen molar-refractivity contribution in [3.63, 3.8) is 0 Å². The molecule has 28 heavy (non-hydrogen) atoms. The summed E-state index contributed by atoms with van der Waals surface area (Å²) >= 11 is 6.24. The van der Waals surface area contributed by atoms with Crippen LogP contribution in [0.3, 0.4) is 0 Å². The highest BCUT2D eigenvalue weighted by Gasteiger charge is 2.17. The van der Waals surface area contributed by atoms with E-state index in [1.165, 1.54) is 6.21 Å². The quantitative estimate of drug-likeness (QED) is 0.506. The standard InChI is InChI=1S/C21H20ClN3O3/c1-13(2)11-19(26)24-23-12-16-14-7-3-4-8-15(14)20(27)25(21(16)28)18-10-6-5-9-17(18)22/h3-10,12-13,28H,11H2,1-2H3,(H,24,26)/b23-12+. The van der Waals surface area contributed by atoms with Crippen molar-refractivity contribution in [2.75, 3.05) is 0 Å². The number of hydrogen-bond acceptors (Lipinski definition) is 4. The first kappa shape index (κ1) is 19.6. The van der Waals surface area contributed by atoms with Crippen LogP contribution in [0.1, 0.15) is 25.8 Å². The molecule has 7 heteroatoms. The molecule has 3 rings (SSSR count). The van der Waals surface area contributed by atoms with Gasteiger partial charge in [-0.1, -0.05) is 55.8 Å². The Labute approximate surface area is 167 Å². The van der Waals surface area contributed by atoms with Gasteiger partial charge in [0.2, 0.25) is 11.8 Å². The zero-order valence-corrected chi connectivity index (χ0v) is 16.3. The Hall–Kier alpha value is -3.12. The molecule has 0 radical (unpaired) electrons. The summed E-state index contributed by atoms with van der Waals surface area (Å²) < 4.78 is 1.14. The number of rotatable bonds is 5. The van der Waals surface area contributed by atoms with Gasteiger partial charge < -0.3 is 5.11 Å². The van der Waals surface area contributed by atoms with Crippen molar-refractivity contribution >= 4 is 34.5 Å². The van der Waals surface area contributed by atoms with Gasteiger partial charge >= 0.3 is 0 Å². The minimum Gasteiger partial charge on any atom is -0.494 e. The number of halogens is 1. The van der Waals surface area contributed by atoms with Crippen molar-refractivity contribution in [2.45, 2.75) is 20.3 Å². The predicted molar refractivity (Wildman–Crippen MR) is 111 cm³/mol. The fourth-order valence-corrected chi connectivity index (χ4v) is 3.15. The van der Waals surface area contributed by atoms with Gasteiger partial charge in [0.25, 0.3) is 5.56 Å². The predicted octanol–water partition coefficient (Wildman–Crippen LogP) is 3.85.